The van der Waals surface area contributed by atoms with E-state index >= 15 is 0 Å². The van der Waals surface area contributed by atoms with Gasteiger partial charge in [-0.3, -0.25) is 4.39 Å². The third kappa shape index (κ3) is 4.03. The van der Waals surface area contributed by atoms with Gasteiger partial charge in [0.05, 0.1) is 19.3 Å². The molecule has 2 N–H and O–H groups in total. The van der Waals surface area contributed by atoms with Crippen LogP contribution in [-0.2, 0) is 6.18 Å². The highest BCUT2D eigenvalue weighted by Gasteiger charge is 2.35. The summed E-state index contributed by atoms with van der Waals surface area (Å²) in [5.74, 6) is 0.0912. The number of methoxy groups -OCH3 is 1. The summed E-state index contributed by atoms with van der Waals surface area (Å²) in [5, 5.41) is 0. The maximum absolute atomic E-state index is 12.8. The van der Waals surface area contributed by atoms with E-state index in [0.29, 0.717) is 0 Å². The molecule has 0 aliphatic carbocycles. The summed E-state index contributed by atoms with van der Waals surface area (Å²) in [6.07, 6.45) is -4.67. The molecular weight excluding hydrogens is 274 g/mol. The smallest absolute Gasteiger partial charge is 0.416 e. The van der Waals surface area contributed by atoms with Crippen LogP contribution in [0.4, 0.5) is 17.6 Å². The van der Waals surface area contributed by atoms with Crippen molar-refractivity contribution in [1.29, 1.82) is 0 Å². The summed E-state index contributed by atoms with van der Waals surface area (Å²) < 4.78 is 55.1. The Morgan fingerprint density at radius 2 is 1.94 bits per heavy atom. The highest BCUT2D eigenvalue weighted by molar-refractivity contribution is 5.85. The monoisotopic (exact) mass is 287 g/mol. The highest BCUT2D eigenvalue weighted by atomic mass is 35.5. The Labute approximate surface area is 109 Å². The van der Waals surface area contributed by atoms with Crippen LogP contribution in [0.3, 0.4) is 0 Å². The van der Waals surface area contributed by atoms with E-state index in [9.17, 15) is 17.6 Å². The highest BCUT2D eigenvalue weighted by Crippen LogP contribution is 2.36. The van der Waals surface area contributed by atoms with Gasteiger partial charge in [0.25, 0.3) is 0 Å². The number of rotatable bonds is 4. The van der Waals surface area contributed by atoms with Crippen LogP contribution in [0.1, 0.15) is 23.6 Å². The second-order valence-corrected chi connectivity index (χ2v) is 3.54. The van der Waals surface area contributed by atoms with Crippen molar-refractivity contribution in [2.24, 2.45) is 5.73 Å². The maximum atomic E-state index is 12.8. The Morgan fingerprint density at radius 3 is 2.39 bits per heavy atom. The fourth-order valence-electron chi connectivity index (χ4n) is 1.50. The molecule has 1 atom stereocenters. The van der Waals surface area contributed by atoms with Gasteiger partial charge in [-0.05, 0) is 24.1 Å². The van der Waals surface area contributed by atoms with Gasteiger partial charge in [0, 0.05) is 6.04 Å². The molecule has 2 nitrogen and oxygen atoms in total. The predicted molar refractivity (Wildman–Crippen MR) is 62.8 cm³/mol. The van der Waals surface area contributed by atoms with E-state index in [-0.39, 0.29) is 30.1 Å². The van der Waals surface area contributed by atoms with E-state index in [2.05, 4.69) is 0 Å². The first-order chi connectivity index (χ1) is 7.90. The summed E-state index contributed by atoms with van der Waals surface area (Å²) in [7, 11) is 1.27. The van der Waals surface area contributed by atoms with Crippen molar-refractivity contribution in [3.63, 3.8) is 0 Å². The SMILES string of the molecule is COc1ccc([C@H](N)CCF)c(C(F)(F)F)c1.Cl. The zero-order chi connectivity index (χ0) is 13.1. The molecule has 104 valence electrons. The number of nitrogens with two attached hydrogens (primary N) is 1. The molecule has 0 radical (unpaired) electrons. The van der Waals surface area contributed by atoms with Crippen molar-refractivity contribution in [2.75, 3.05) is 13.8 Å². The number of benzene rings is 1. The number of alkyl halides is 4. The quantitative estimate of drug-likeness (QED) is 0.860. The van der Waals surface area contributed by atoms with Gasteiger partial charge in [-0.1, -0.05) is 6.07 Å². The zero-order valence-corrected chi connectivity index (χ0v) is 10.4. The Balaban J connectivity index is 0.00000289. The summed E-state index contributed by atoms with van der Waals surface area (Å²) in [5.41, 5.74) is 4.52. The largest absolute Gasteiger partial charge is 0.497 e. The van der Waals surface area contributed by atoms with Gasteiger partial charge in [0.2, 0.25) is 0 Å². The van der Waals surface area contributed by atoms with Gasteiger partial charge in [-0.15, -0.1) is 12.4 Å². The second kappa shape index (κ2) is 6.80. The number of hydrogen-bond acceptors (Lipinski definition) is 2. The molecule has 0 bridgehead atoms. The van der Waals surface area contributed by atoms with Crippen LogP contribution in [0.25, 0.3) is 0 Å². The van der Waals surface area contributed by atoms with Gasteiger partial charge in [0.15, 0.2) is 0 Å². The van der Waals surface area contributed by atoms with Crippen LogP contribution in [0.15, 0.2) is 18.2 Å². The average Bonchev–Trinajstić information content (AvgIpc) is 2.27. The first kappa shape index (κ1) is 17.0. The molecule has 1 aromatic carbocycles. The van der Waals surface area contributed by atoms with Crippen molar-refractivity contribution in [1.82, 2.24) is 0 Å². The molecule has 7 heteroatoms. The van der Waals surface area contributed by atoms with Crippen LogP contribution in [0.5, 0.6) is 5.75 Å². The molecule has 0 heterocycles. The maximum Gasteiger partial charge on any atom is 0.416 e. The first-order valence-electron chi connectivity index (χ1n) is 4.96. The average molecular weight is 288 g/mol. The van der Waals surface area contributed by atoms with Gasteiger partial charge in [-0.25, -0.2) is 0 Å². The second-order valence-electron chi connectivity index (χ2n) is 3.54. The Morgan fingerprint density at radius 1 is 1.33 bits per heavy atom. The minimum absolute atomic E-state index is 0. The van der Waals surface area contributed by atoms with Crippen LogP contribution < -0.4 is 10.5 Å². The molecule has 0 spiro atoms. The van der Waals surface area contributed by atoms with E-state index in [4.69, 9.17) is 10.5 Å². The lowest BCUT2D eigenvalue weighted by Gasteiger charge is -2.18. The van der Waals surface area contributed by atoms with E-state index < -0.39 is 24.5 Å². The summed E-state index contributed by atoms with van der Waals surface area (Å²) in [6, 6.07) is 2.50. The van der Waals surface area contributed by atoms with Crippen LogP contribution >= 0.6 is 12.4 Å². The van der Waals surface area contributed by atoms with E-state index in [1.165, 1.54) is 19.2 Å². The van der Waals surface area contributed by atoms with Crippen LogP contribution in [0.2, 0.25) is 0 Å². The minimum Gasteiger partial charge on any atom is -0.497 e. The van der Waals surface area contributed by atoms with Crippen molar-refractivity contribution < 1.29 is 22.3 Å². The standard InChI is InChI=1S/C11H13F4NO.ClH/c1-17-7-2-3-8(10(16)4-5-12)9(6-7)11(13,14)15;/h2-3,6,10H,4-5,16H2,1H3;1H/t10-;/m1./s1. The fourth-order valence-corrected chi connectivity index (χ4v) is 1.50. The topological polar surface area (TPSA) is 35.2 Å². The van der Waals surface area contributed by atoms with Crippen LogP contribution in [0, 0.1) is 0 Å². The molecule has 1 rings (SSSR count). The molecule has 0 aromatic heterocycles. The third-order valence-corrected chi connectivity index (χ3v) is 2.39. The molecule has 1 aromatic rings. The Hall–Kier alpha value is -1.01. The lowest BCUT2D eigenvalue weighted by Crippen LogP contribution is -2.18. The molecule has 0 saturated heterocycles. The molecule has 18 heavy (non-hydrogen) atoms. The van der Waals surface area contributed by atoms with Gasteiger partial charge >= 0.3 is 6.18 Å². The predicted octanol–water partition coefficient (Wildman–Crippen LogP) is 3.50. The number of ether oxygens (including phenoxy) is 1. The summed E-state index contributed by atoms with van der Waals surface area (Å²) in [4.78, 5) is 0. The normalized spacial score (nSPS) is 12.8. The fraction of sp³-hybridized carbons (Fsp3) is 0.455. The molecule has 0 fully saturated rings. The summed E-state index contributed by atoms with van der Waals surface area (Å²) in [6.45, 7) is -0.759. The minimum atomic E-state index is -4.53. The van der Waals surface area contributed by atoms with Crippen molar-refractivity contribution in [2.45, 2.75) is 18.6 Å². The molecule has 0 aliphatic heterocycles. The molecular formula is C11H14ClF4NO. The van der Waals surface area contributed by atoms with Gasteiger partial charge < -0.3 is 10.5 Å². The van der Waals surface area contributed by atoms with Gasteiger partial charge in [0.1, 0.15) is 5.75 Å². The molecule has 0 unspecified atom stereocenters. The summed E-state index contributed by atoms with van der Waals surface area (Å²) >= 11 is 0. The molecule has 0 amide bonds. The lowest BCUT2D eigenvalue weighted by atomic mass is 9.98. The van der Waals surface area contributed by atoms with Crippen molar-refractivity contribution in [3.8, 4) is 5.75 Å². The zero-order valence-electron chi connectivity index (χ0n) is 9.63. The van der Waals surface area contributed by atoms with Crippen LogP contribution in [-0.4, -0.2) is 13.8 Å². The van der Waals surface area contributed by atoms with Crippen molar-refractivity contribution in [3.05, 3.63) is 29.3 Å². The Bertz CT molecular complexity index is 384. The Kier molecular flexibility index (Phi) is 6.42. The lowest BCUT2D eigenvalue weighted by molar-refractivity contribution is -0.138. The molecule has 0 saturated carbocycles. The van der Waals surface area contributed by atoms with E-state index in [1.54, 1.807) is 0 Å². The van der Waals surface area contributed by atoms with Gasteiger partial charge in [-0.2, -0.15) is 13.2 Å². The third-order valence-electron chi connectivity index (χ3n) is 2.39. The molecule has 0 aliphatic rings. The first-order valence-corrected chi connectivity index (χ1v) is 4.96. The van der Waals surface area contributed by atoms with E-state index in [1.807, 2.05) is 0 Å². The number of halogens is 5. The van der Waals surface area contributed by atoms with Crippen molar-refractivity contribution >= 4 is 12.4 Å². The van der Waals surface area contributed by atoms with E-state index in [0.717, 1.165) is 6.07 Å². The number of hydrogen-bond donors (Lipinski definition) is 1.